The molecule has 0 N–H and O–H groups in total. The smallest absolute Gasteiger partial charge is 0.145 e. The molecule has 0 amide bonds. The Hall–Kier alpha value is -7.76. The van der Waals surface area contributed by atoms with Crippen LogP contribution in [0.5, 0.6) is 0 Å². The highest BCUT2D eigenvalue weighted by Gasteiger charge is 2.49. The van der Waals surface area contributed by atoms with Gasteiger partial charge in [-0.15, -0.1) is 0 Å². The maximum Gasteiger partial charge on any atom is 0.145 e. The molecule has 0 unspecified atom stereocenters. The summed E-state index contributed by atoms with van der Waals surface area (Å²) in [6.45, 7) is 14.4. The summed E-state index contributed by atoms with van der Waals surface area (Å²) >= 11 is 0. The number of hydrogen-bond acceptors (Lipinski definition) is 5. The third-order valence-electron chi connectivity index (χ3n) is 15.5. The van der Waals surface area contributed by atoms with Crippen LogP contribution in [0.25, 0.3) is 88.5 Å². The second-order valence-electron chi connectivity index (χ2n) is 20.1. The van der Waals surface area contributed by atoms with E-state index in [4.69, 9.17) is 13.8 Å². The van der Waals surface area contributed by atoms with Gasteiger partial charge in [-0.25, -0.2) is 0 Å². The maximum absolute atomic E-state index is 7.01. The Kier molecular flexibility index (Phi) is 7.25. The van der Waals surface area contributed by atoms with E-state index in [1.54, 1.807) is 0 Å². The van der Waals surface area contributed by atoms with Crippen molar-refractivity contribution in [3.63, 3.8) is 0 Å². The molecule has 0 fully saturated rings. The molecule has 0 bridgehead atoms. The van der Waals surface area contributed by atoms with Gasteiger partial charge in [-0.1, -0.05) is 120 Å². The largest absolute Gasteiger partial charge is 0.455 e. The number of hydrogen-bond donors (Lipinski definition) is 0. The molecule has 5 heteroatoms. The molecule has 0 atom stereocenters. The molecule has 4 heterocycles. The van der Waals surface area contributed by atoms with Crippen molar-refractivity contribution in [3.8, 4) is 44.6 Å². The van der Waals surface area contributed by atoms with Crippen LogP contribution in [-0.4, -0.2) is 9.97 Å². The van der Waals surface area contributed by atoms with Gasteiger partial charge in [-0.3, -0.25) is 9.97 Å². The molecule has 7 aromatic carbocycles. The zero-order valence-electron chi connectivity index (χ0n) is 37.7. The van der Waals surface area contributed by atoms with Crippen LogP contribution in [0.15, 0.2) is 173 Å². The molecule has 66 heavy (non-hydrogen) atoms. The van der Waals surface area contributed by atoms with Crippen LogP contribution in [0.4, 0.5) is 17.1 Å². The fourth-order valence-corrected chi connectivity index (χ4v) is 12.5. The van der Waals surface area contributed by atoms with Crippen LogP contribution in [-0.2, 0) is 16.2 Å². The van der Waals surface area contributed by atoms with Gasteiger partial charge < -0.3 is 13.7 Å². The minimum absolute atomic E-state index is 0.214. The van der Waals surface area contributed by atoms with Gasteiger partial charge in [0.25, 0.3) is 0 Å². The van der Waals surface area contributed by atoms with Gasteiger partial charge in [0.2, 0.25) is 0 Å². The van der Waals surface area contributed by atoms with Crippen LogP contribution >= 0.6 is 0 Å². The average molecular weight is 852 g/mol. The number of para-hydroxylation sites is 2. The Morgan fingerprint density at radius 2 is 1.02 bits per heavy atom. The maximum atomic E-state index is 7.01. The molecule has 3 aliphatic carbocycles. The molecule has 0 radical (unpaired) electrons. The van der Waals surface area contributed by atoms with Crippen molar-refractivity contribution < 1.29 is 8.83 Å². The monoisotopic (exact) mass is 851 g/mol. The average Bonchev–Trinajstić information content (AvgIpc) is 4.09. The molecular weight excluding hydrogens is 807 g/mol. The van der Waals surface area contributed by atoms with E-state index in [2.05, 4.69) is 173 Å². The molecular formula is C61H45N3O2. The summed E-state index contributed by atoms with van der Waals surface area (Å²) in [5, 5.41) is 4.65. The highest BCUT2D eigenvalue weighted by Crippen LogP contribution is 2.64. The quantitative estimate of drug-likeness (QED) is 0.177. The number of aromatic nitrogens is 2. The lowest BCUT2D eigenvalue weighted by Gasteiger charge is -2.32. The Balaban J connectivity index is 0.980. The summed E-state index contributed by atoms with van der Waals surface area (Å²) in [6.07, 6.45) is 5.69. The van der Waals surface area contributed by atoms with Crippen LogP contribution in [0.3, 0.4) is 0 Å². The minimum atomic E-state index is -0.344. The molecule has 0 saturated heterocycles. The first kappa shape index (κ1) is 37.6. The molecule has 5 nitrogen and oxygen atoms in total. The van der Waals surface area contributed by atoms with E-state index in [1.165, 1.54) is 77.5 Å². The second kappa shape index (κ2) is 12.7. The zero-order chi connectivity index (χ0) is 44.4. The van der Waals surface area contributed by atoms with E-state index in [-0.39, 0.29) is 16.2 Å². The number of fused-ring (bicyclic) bond motifs is 19. The first-order valence-electron chi connectivity index (χ1n) is 23.1. The molecule has 4 aromatic heterocycles. The molecule has 14 rings (SSSR count). The number of pyridine rings is 2. The van der Waals surface area contributed by atoms with Crippen molar-refractivity contribution in [1.29, 1.82) is 0 Å². The van der Waals surface area contributed by atoms with Crippen molar-refractivity contribution in [2.75, 3.05) is 4.90 Å². The van der Waals surface area contributed by atoms with E-state index in [9.17, 15) is 0 Å². The van der Waals surface area contributed by atoms with Gasteiger partial charge in [0.1, 0.15) is 22.3 Å². The van der Waals surface area contributed by atoms with Crippen molar-refractivity contribution >= 4 is 60.9 Å². The zero-order valence-corrected chi connectivity index (χ0v) is 37.7. The summed E-state index contributed by atoms with van der Waals surface area (Å²) in [5.41, 5.74) is 23.4. The first-order valence-corrected chi connectivity index (χ1v) is 23.1. The third-order valence-corrected chi connectivity index (χ3v) is 15.5. The lowest BCUT2D eigenvalue weighted by Crippen LogP contribution is -2.24. The third kappa shape index (κ3) is 4.69. The minimum Gasteiger partial charge on any atom is -0.455 e. The van der Waals surface area contributed by atoms with Gasteiger partial charge in [0, 0.05) is 72.7 Å². The number of furan rings is 2. The normalized spacial score (nSPS) is 15.5. The van der Waals surface area contributed by atoms with E-state index >= 15 is 0 Å². The number of rotatable bonds is 4. The van der Waals surface area contributed by atoms with Crippen LogP contribution < -0.4 is 4.90 Å². The lowest BCUT2D eigenvalue weighted by atomic mass is 9.72. The number of benzene rings is 7. The number of nitrogens with zero attached hydrogens (tertiary/aromatic N) is 3. The molecule has 316 valence electrons. The first-order chi connectivity index (χ1) is 32.0. The topological polar surface area (TPSA) is 55.3 Å². The van der Waals surface area contributed by atoms with Crippen molar-refractivity contribution in [2.24, 2.45) is 0 Å². The molecule has 0 spiro atoms. The van der Waals surface area contributed by atoms with Gasteiger partial charge in [0.05, 0.1) is 17.6 Å². The Labute approximate surface area is 383 Å². The van der Waals surface area contributed by atoms with E-state index in [0.717, 1.165) is 61.4 Å². The summed E-state index contributed by atoms with van der Waals surface area (Å²) in [4.78, 5) is 11.9. The van der Waals surface area contributed by atoms with E-state index in [1.807, 2.05) is 42.9 Å². The summed E-state index contributed by atoms with van der Waals surface area (Å²) < 4.78 is 13.7. The Morgan fingerprint density at radius 3 is 1.71 bits per heavy atom. The fourth-order valence-electron chi connectivity index (χ4n) is 12.5. The lowest BCUT2D eigenvalue weighted by molar-refractivity contribution is 0.600. The van der Waals surface area contributed by atoms with Gasteiger partial charge >= 0.3 is 0 Å². The van der Waals surface area contributed by atoms with Crippen molar-refractivity contribution in [1.82, 2.24) is 9.97 Å². The second-order valence-corrected chi connectivity index (χ2v) is 20.1. The van der Waals surface area contributed by atoms with Crippen LogP contribution in [0.2, 0.25) is 0 Å². The van der Waals surface area contributed by atoms with Crippen molar-refractivity contribution in [2.45, 2.75) is 57.8 Å². The summed E-state index contributed by atoms with van der Waals surface area (Å²) in [6, 6.07) is 52.7. The summed E-state index contributed by atoms with van der Waals surface area (Å²) in [7, 11) is 0. The highest BCUT2D eigenvalue weighted by molar-refractivity contribution is 6.21. The predicted octanol–water partition coefficient (Wildman–Crippen LogP) is 16.3. The number of anilines is 3. The summed E-state index contributed by atoms with van der Waals surface area (Å²) in [5.74, 6) is 0. The molecule has 11 aromatic rings. The van der Waals surface area contributed by atoms with Crippen LogP contribution in [0.1, 0.15) is 74.9 Å². The molecule has 3 aliphatic rings. The van der Waals surface area contributed by atoms with Crippen LogP contribution in [0, 0.1) is 0 Å². The predicted molar refractivity (Wildman–Crippen MR) is 269 cm³/mol. The van der Waals surface area contributed by atoms with E-state index in [0.29, 0.717) is 0 Å². The molecule has 0 saturated carbocycles. The fraction of sp³-hybridized carbons (Fsp3) is 0.148. The van der Waals surface area contributed by atoms with Crippen molar-refractivity contribution in [3.05, 3.63) is 198 Å². The highest BCUT2D eigenvalue weighted by atomic mass is 16.3. The molecule has 0 aliphatic heterocycles. The van der Waals surface area contributed by atoms with Gasteiger partial charge in [-0.2, -0.15) is 0 Å². The van der Waals surface area contributed by atoms with Gasteiger partial charge in [-0.05, 0) is 128 Å². The van der Waals surface area contributed by atoms with E-state index < -0.39 is 0 Å². The Morgan fingerprint density at radius 1 is 0.424 bits per heavy atom. The SMILES string of the molecule is CC1(C)c2cc(N(c3cccnc3)c3ccc4c(c3)C(C)(C)c3c5c(c6c(oc7ccccc76)c3-4)-c3ccccc3C5(C)C)ccc2-c2c1cc(-c1ccccn1)c1oc3ccccc3c21. The Bertz CT molecular complexity index is 3910. The standard InChI is InChI=1S/C61H45N3O2/c1-59(2)44-30-34(24-26-38(44)50-46(59)32-42(47-21-13-14-29-63-47)57-52(50)40-18-8-11-22-48(40)65-57)64(36-16-15-28-62-33-36)35-25-27-39-45(31-35)61(5,6)56-54(39)58-53(41-19-9-12-23-49(41)66-58)51-37-17-7-10-20-43(37)60(3,4)55(51)56/h7-33H,1-6H3. The van der Waals surface area contributed by atoms with Gasteiger partial charge in [0.15, 0.2) is 0 Å².